The van der Waals surface area contributed by atoms with E-state index in [4.69, 9.17) is 5.73 Å². The summed E-state index contributed by atoms with van der Waals surface area (Å²) in [4.78, 5) is 23.4. The number of hydrogen-bond acceptors (Lipinski definition) is 3. The van der Waals surface area contributed by atoms with Crippen LogP contribution in [-0.4, -0.2) is 42.9 Å². The van der Waals surface area contributed by atoms with E-state index in [2.05, 4.69) is 5.32 Å². The fourth-order valence-corrected chi connectivity index (χ4v) is 0.542. The molecule has 0 aromatic heterocycles. The van der Waals surface area contributed by atoms with Gasteiger partial charge in [-0.05, 0) is 13.8 Å². The van der Waals surface area contributed by atoms with Gasteiger partial charge in [0.1, 0.15) is 0 Å². The van der Waals surface area contributed by atoms with Crippen molar-refractivity contribution < 1.29 is 9.59 Å². The minimum Gasteiger partial charge on any atom is -0.368 e. The second-order valence-electron chi connectivity index (χ2n) is 3.63. The number of hydrogen-bond donors (Lipinski definition) is 2. The summed E-state index contributed by atoms with van der Waals surface area (Å²) < 4.78 is 0. The van der Waals surface area contributed by atoms with Crippen LogP contribution < -0.4 is 11.1 Å². The third-order valence-corrected chi connectivity index (χ3v) is 1.80. The first-order valence-corrected chi connectivity index (χ1v) is 4.02. The predicted molar refractivity (Wildman–Crippen MR) is 50.0 cm³/mol. The van der Waals surface area contributed by atoms with Crippen LogP contribution in [-0.2, 0) is 9.59 Å². The first-order valence-electron chi connectivity index (χ1n) is 4.02. The molecule has 0 saturated carbocycles. The van der Waals surface area contributed by atoms with E-state index in [0.29, 0.717) is 0 Å². The van der Waals surface area contributed by atoms with E-state index in [1.165, 1.54) is 4.90 Å². The second-order valence-corrected chi connectivity index (χ2v) is 3.63. The van der Waals surface area contributed by atoms with Crippen LogP contribution in [0.25, 0.3) is 0 Å². The number of carbonyl (C=O) groups excluding carboxylic acids is 2. The molecule has 0 aromatic carbocycles. The van der Waals surface area contributed by atoms with Gasteiger partial charge in [-0.3, -0.25) is 14.9 Å². The molecular weight excluding hydrogens is 170 g/mol. The number of carbonyl (C=O) groups is 2. The summed E-state index contributed by atoms with van der Waals surface area (Å²) in [5.74, 6) is -0.562. The molecule has 0 unspecified atom stereocenters. The highest BCUT2D eigenvalue weighted by Gasteiger charge is 2.24. The van der Waals surface area contributed by atoms with Crippen LogP contribution in [0.3, 0.4) is 0 Å². The minimum atomic E-state index is -0.842. The first kappa shape index (κ1) is 11.9. The number of primary amides is 1. The van der Waals surface area contributed by atoms with E-state index in [1.54, 1.807) is 27.9 Å². The number of nitrogens with one attached hydrogen (secondary N) is 1. The summed E-state index contributed by atoms with van der Waals surface area (Å²) in [5.41, 5.74) is 4.26. The lowest BCUT2D eigenvalue weighted by molar-refractivity contribution is -0.129. The molecule has 3 N–H and O–H groups in total. The average molecular weight is 187 g/mol. The molecule has 0 spiro atoms. The van der Waals surface area contributed by atoms with Gasteiger partial charge in [-0.25, -0.2) is 0 Å². The van der Waals surface area contributed by atoms with Gasteiger partial charge < -0.3 is 10.6 Å². The standard InChI is InChI=1S/C8H17N3O2/c1-8(2,7(9)13)10-5-6(12)11(3)4/h10H,5H2,1-4H3,(H2,9,13). The lowest BCUT2D eigenvalue weighted by atomic mass is 10.1. The van der Waals surface area contributed by atoms with Crippen molar-refractivity contribution in [3.05, 3.63) is 0 Å². The number of amides is 2. The van der Waals surface area contributed by atoms with Gasteiger partial charge in [-0.1, -0.05) is 0 Å². The van der Waals surface area contributed by atoms with Crippen molar-refractivity contribution in [2.24, 2.45) is 5.73 Å². The Morgan fingerprint density at radius 2 is 1.85 bits per heavy atom. The number of nitrogens with two attached hydrogens (primary N) is 1. The Morgan fingerprint density at radius 3 is 2.15 bits per heavy atom. The van der Waals surface area contributed by atoms with Gasteiger partial charge in [0.15, 0.2) is 0 Å². The van der Waals surface area contributed by atoms with Crippen molar-refractivity contribution >= 4 is 11.8 Å². The molecule has 0 aliphatic carbocycles. The molecule has 0 atom stereocenters. The number of nitrogens with zero attached hydrogens (tertiary/aromatic N) is 1. The van der Waals surface area contributed by atoms with Gasteiger partial charge >= 0.3 is 0 Å². The van der Waals surface area contributed by atoms with Crippen LogP contribution in [0.15, 0.2) is 0 Å². The molecule has 0 aromatic rings. The molecule has 76 valence electrons. The Balaban J connectivity index is 4.03. The van der Waals surface area contributed by atoms with Gasteiger partial charge in [0.05, 0.1) is 12.1 Å². The molecular formula is C8H17N3O2. The zero-order valence-electron chi connectivity index (χ0n) is 8.55. The first-order chi connectivity index (χ1) is 5.77. The minimum absolute atomic E-state index is 0.0886. The highest BCUT2D eigenvalue weighted by Crippen LogP contribution is 1.99. The summed E-state index contributed by atoms with van der Waals surface area (Å²) in [7, 11) is 3.31. The van der Waals surface area contributed by atoms with Crippen LogP contribution in [0, 0.1) is 0 Å². The fraction of sp³-hybridized carbons (Fsp3) is 0.750. The Bertz CT molecular complexity index is 211. The number of likely N-dealkylation sites (N-methyl/N-ethyl adjacent to an activating group) is 1. The topological polar surface area (TPSA) is 75.4 Å². The SMILES string of the molecule is CN(C)C(=O)CNC(C)(C)C(N)=O. The Morgan fingerprint density at radius 1 is 1.38 bits per heavy atom. The quantitative estimate of drug-likeness (QED) is 0.588. The van der Waals surface area contributed by atoms with Crippen molar-refractivity contribution in [3.8, 4) is 0 Å². The van der Waals surface area contributed by atoms with Crippen molar-refractivity contribution in [1.82, 2.24) is 10.2 Å². The second kappa shape index (κ2) is 4.23. The molecule has 0 rings (SSSR count). The van der Waals surface area contributed by atoms with Gasteiger partial charge in [-0.2, -0.15) is 0 Å². The lowest BCUT2D eigenvalue weighted by Gasteiger charge is -2.22. The van der Waals surface area contributed by atoms with Crippen LogP contribution in [0.5, 0.6) is 0 Å². The lowest BCUT2D eigenvalue weighted by Crippen LogP contribution is -2.53. The number of rotatable bonds is 4. The van der Waals surface area contributed by atoms with Crippen LogP contribution in [0.4, 0.5) is 0 Å². The van der Waals surface area contributed by atoms with E-state index in [9.17, 15) is 9.59 Å². The van der Waals surface area contributed by atoms with E-state index in [0.717, 1.165) is 0 Å². The predicted octanol–water partition coefficient (Wildman–Crippen LogP) is -1.07. The van der Waals surface area contributed by atoms with E-state index in [-0.39, 0.29) is 12.5 Å². The van der Waals surface area contributed by atoms with E-state index in [1.807, 2.05) is 0 Å². The molecule has 2 amide bonds. The molecule has 13 heavy (non-hydrogen) atoms. The average Bonchev–Trinajstić information content (AvgIpc) is 1.99. The maximum absolute atomic E-state index is 11.1. The van der Waals surface area contributed by atoms with Gasteiger partial charge in [0.25, 0.3) is 0 Å². The van der Waals surface area contributed by atoms with Crippen LogP contribution in [0.1, 0.15) is 13.8 Å². The maximum atomic E-state index is 11.1. The van der Waals surface area contributed by atoms with Crippen LogP contribution >= 0.6 is 0 Å². The maximum Gasteiger partial charge on any atom is 0.237 e. The molecule has 0 bridgehead atoms. The molecule has 0 radical (unpaired) electrons. The van der Waals surface area contributed by atoms with E-state index >= 15 is 0 Å². The Kier molecular flexibility index (Phi) is 3.87. The zero-order chi connectivity index (χ0) is 10.6. The summed E-state index contributed by atoms with van der Waals surface area (Å²) in [6, 6.07) is 0. The van der Waals surface area contributed by atoms with Crippen molar-refractivity contribution in [2.45, 2.75) is 19.4 Å². The highest BCUT2D eigenvalue weighted by atomic mass is 16.2. The van der Waals surface area contributed by atoms with Crippen molar-refractivity contribution in [3.63, 3.8) is 0 Å². The smallest absolute Gasteiger partial charge is 0.237 e. The van der Waals surface area contributed by atoms with Gasteiger partial charge in [0.2, 0.25) is 11.8 Å². The molecule has 5 heteroatoms. The summed E-state index contributed by atoms with van der Waals surface area (Å²) in [5, 5.41) is 2.77. The summed E-state index contributed by atoms with van der Waals surface area (Å²) in [6.45, 7) is 3.39. The highest BCUT2D eigenvalue weighted by molar-refractivity contribution is 5.85. The summed E-state index contributed by atoms with van der Waals surface area (Å²) in [6.07, 6.45) is 0. The van der Waals surface area contributed by atoms with Gasteiger partial charge in [0, 0.05) is 14.1 Å². The normalized spacial score (nSPS) is 11.1. The molecule has 0 heterocycles. The third kappa shape index (κ3) is 3.89. The molecule has 0 aliphatic rings. The molecule has 0 fully saturated rings. The monoisotopic (exact) mass is 187 g/mol. The van der Waals surface area contributed by atoms with E-state index < -0.39 is 11.4 Å². The fourth-order valence-electron chi connectivity index (χ4n) is 0.542. The largest absolute Gasteiger partial charge is 0.368 e. The molecule has 0 aliphatic heterocycles. The zero-order valence-corrected chi connectivity index (χ0v) is 8.55. The van der Waals surface area contributed by atoms with Crippen molar-refractivity contribution in [1.29, 1.82) is 0 Å². The third-order valence-electron chi connectivity index (χ3n) is 1.80. The van der Waals surface area contributed by atoms with Crippen LogP contribution in [0.2, 0.25) is 0 Å². The molecule has 5 nitrogen and oxygen atoms in total. The summed E-state index contributed by atoms with van der Waals surface area (Å²) >= 11 is 0. The Labute approximate surface area is 78.3 Å². The van der Waals surface area contributed by atoms with Gasteiger partial charge in [-0.15, -0.1) is 0 Å². The van der Waals surface area contributed by atoms with Crippen molar-refractivity contribution in [2.75, 3.05) is 20.6 Å². The molecule has 0 saturated heterocycles. The Hall–Kier alpha value is -1.10.